The Morgan fingerprint density at radius 2 is 1.82 bits per heavy atom. The summed E-state index contributed by atoms with van der Waals surface area (Å²) in [4.78, 5) is 25.7. The van der Waals surface area contributed by atoms with E-state index in [0.717, 1.165) is 25.0 Å². The van der Waals surface area contributed by atoms with E-state index in [4.69, 9.17) is 4.74 Å². The Labute approximate surface area is 161 Å². The highest BCUT2D eigenvalue weighted by Crippen LogP contribution is 2.48. The predicted molar refractivity (Wildman–Crippen MR) is 96.9 cm³/mol. The minimum Gasteiger partial charge on any atom is -0.444 e. The lowest BCUT2D eigenvalue weighted by Gasteiger charge is -2.58. The lowest BCUT2D eigenvalue weighted by Crippen LogP contribution is -2.68. The molecule has 0 aromatic heterocycles. The number of carbonyl (C=O) groups excluding carboxylic acids is 2. The predicted octanol–water partition coefficient (Wildman–Crippen LogP) is 4.23. The van der Waals surface area contributed by atoms with Crippen molar-refractivity contribution in [3.63, 3.8) is 0 Å². The van der Waals surface area contributed by atoms with Gasteiger partial charge in [-0.15, -0.1) is 0 Å². The minimum atomic E-state index is -4.46. The molecule has 1 aromatic rings. The summed E-state index contributed by atoms with van der Waals surface area (Å²) in [5, 5.41) is 5.20. The fraction of sp³-hybridized carbons (Fsp3) is 0.579. The molecule has 2 N–H and O–H groups in total. The lowest BCUT2D eigenvalue weighted by atomic mass is 9.61. The minimum absolute atomic E-state index is 0.00501. The molecule has 28 heavy (non-hydrogen) atoms. The average Bonchev–Trinajstić information content (AvgIpc) is 2.45. The van der Waals surface area contributed by atoms with Crippen molar-refractivity contribution < 1.29 is 27.5 Å². The van der Waals surface area contributed by atoms with E-state index in [9.17, 15) is 22.8 Å². The first-order chi connectivity index (χ1) is 12.9. The quantitative estimate of drug-likeness (QED) is 0.782. The van der Waals surface area contributed by atoms with Crippen molar-refractivity contribution in [2.45, 2.75) is 51.4 Å². The molecule has 6 nitrogen and oxygen atoms in total. The molecule has 0 radical (unpaired) electrons. The summed E-state index contributed by atoms with van der Waals surface area (Å²) in [6, 6.07) is 3.89. The maximum Gasteiger partial charge on any atom is 0.416 e. The van der Waals surface area contributed by atoms with Gasteiger partial charge in [0.25, 0.3) is 0 Å². The number of alkyl halides is 3. The van der Waals surface area contributed by atoms with Crippen molar-refractivity contribution in [1.82, 2.24) is 10.2 Å². The Bertz CT molecular complexity index is 760. The highest BCUT2D eigenvalue weighted by atomic mass is 19.4. The zero-order valence-corrected chi connectivity index (χ0v) is 16.0. The number of anilines is 1. The van der Waals surface area contributed by atoms with E-state index >= 15 is 0 Å². The van der Waals surface area contributed by atoms with Crippen molar-refractivity contribution in [3.8, 4) is 0 Å². The molecule has 9 heteroatoms. The number of ether oxygens (including phenoxy) is 1. The van der Waals surface area contributed by atoms with Gasteiger partial charge in [-0.05, 0) is 51.8 Å². The van der Waals surface area contributed by atoms with Crippen molar-refractivity contribution in [2.75, 3.05) is 18.4 Å². The molecule has 1 saturated heterocycles. The van der Waals surface area contributed by atoms with Crippen LogP contribution < -0.4 is 10.6 Å². The number of hydrogen-bond acceptors (Lipinski definition) is 3. The van der Waals surface area contributed by atoms with E-state index in [2.05, 4.69) is 10.6 Å². The molecule has 0 bridgehead atoms. The van der Waals surface area contributed by atoms with E-state index < -0.39 is 23.4 Å². The number of nitrogens with zero attached hydrogens (tertiary/aromatic N) is 1. The van der Waals surface area contributed by atoms with Crippen LogP contribution in [0.15, 0.2) is 24.3 Å². The molecule has 1 aromatic carbocycles. The van der Waals surface area contributed by atoms with Gasteiger partial charge in [-0.3, -0.25) is 0 Å². The van der Waals surface area contributed by atoms with Gasteiger partial charge in [0.2, 0.25) is 0 Å². The van der Waals surface area contributed by atoms with Crippen LogP contribution in [-0.2, 0) is 10.9 Å². The van der Waals surface area contributed by atoms with E-state index in [0.29, 0.717) is 13.1 Å². The number of nitrogens with one attached hydrogen (secondary N) is 2. The molecule has 1 heterocycles. The lowest BCUT2D eigenvalue weighted by molar-refractivity contribution is -0.137. The topological polar surface area (TPSA) is 70.7 Å². The molecule has 2 fully saturated rings. The third-order valence-electron chi connectivity index (χ3n) is 4.85. The smallest absolute Gasteiger partial charge is 0.416 e. The second-order valence-corrected chi connectivity index (χ2v) is 8.62. The maximum absolute atomic E-state index is 12.7. The largest absolute Gasteiger partial charge is 0.444 e. The molecule has 3 rings (SSSR count). The zero-order valence-electron chi connectivity index (χ0n) is 16.0. The van der Waals surface area contributed by atoms with Gasteiger partial charge < -0.3 is 20.3 Å². The molecule has 1 spiro atoms. The fourth-order valence-corrected chi connectivity index (χ4v) is 3.69. The summed E-state index contributed by atoms with van der Waals surface area (Å²) in [5.74, 6) is 0. The molecule has 0 atom stereocenters. The van der Waals surface area contributed by atoms with Gasteiger partial charge in [0.15, 0.2) is 0 Å². The maximum atomic E-state index is 12.7. The van der Waals surface area contributed by atoms with Gasteiger partial charge in [0.1, 0.15) is 5.60 Å². The number of halogens is 3. The number of urea groups is 1. The van der Waals surface area contributed by atoms with Crippen molar-refractivity contribution >= 4 is 17.8 Å². The van der Waals surface area contributed by atoms with E-state index in [1.807, 2.05) is 20.8 Å². The molecule has 0 unspecified atom stereocenters. The number of rotatable bonds is 2. The number of likely N-dealkylation sites (tertiary alicyclic amines) is 1. The third-order valence-corrected chi connectivity index (χ3v) is 4.85. The molecule has 1 aliphatic carbocycles. The number of benzene rings is 1. The first kappa shape index (κ1) is 20.3. The molecule has 1 aliphatic heterocycles. The second kappa shape index (κ2) is 6.86. The van der Waals surface area contributed by atoms with Gasteiger partial charge in [0, 0.05) is 30.2 Å². The summed E-state index contributed by atoms with van der Waals surface area (Å²) in [6.07, 6.45) is -3.35. The summed E-state index contributed by atoms with van der Waals surface area (Å²) in [5.41, 5.74) is -1.26. The van der Waals surface area contributed by atoms with Crippen LogP contribution in [0.4, 0.5) is 28.4 Å². The molecule has 2 aliphatic rings. The molecule has 1 saturated carbocycles. The molecular formula is C19H24F3N3O3. The normalized spacial score (nSPS) is 18.9. The van der Waals surface area contributed by atoms with E-state index in [1.54, 1.807) is 4.90 Å². The van der Waals surface area contributed by atoms with Crippen molar-refractivity contribution in [3.05, 3.63) is 29.8 Å². The Balaban J connectivity index is 1.42. The van der Waals surface area contributed by atoms with Crippen LogP contribution in [-0.4, -0.2) is 41.8 Å². The number of carbonyl (C=O) groups is 2. The van der Waals surface area contributed by atoms with Crippen LogP contribution in [0.3, 0.4) is 0 Å². The average molecular weight is 399 g/mol. The standard InChI is InChI=1S/C19H24F3N3O3/c1-17(2,3)28-16(27)25-10-18(11-25)8-14(9-18)24-15(26)23-13-6-4-5-12(7-13)19(20,21)22/h4-7,14H,8-11H2,1-3H3,(H2,23,24,26). The van der Waals surface area contributed by atoms with E-state index in [-0.39, 0.29) is 23.2 Å². The van der Waals surface area contributed by atoms with Crippen LogP contribution in [0, 0.1) is 5.41 Å². The van der Waals surface area contributed by atoms with Crippen LogP contribution in [0.25, 0.3) is 0 Å². The molecule has 3 amide bonds. The van der Waals surface area contributed by atoms with Crippen LogP contribution >= 0.6 is 0 Å². The Morgan fingerprint density at radius 3 is 2.39 bits per heavy atom. The van der Waals surface area contributed by atoms with Gasteiger partial charge >= 0.3 is 18.3 Å². The highest BCUT2D eigenvalue weighted by molar-refractivity contribution is 5.89. The summed E-state index contributed by atoms with van der Waals surface area (Å²) in [6.45, 7) is 6.62. The summed E-state index contributed by atoms with van der Waals surface area (Å²) < 4.78 is 43.5. The Kier molecular flexibility index (Phi) is 4.97. The van der Waals surface area contributed by atoms with Gasteiger partial charge in [-0.1, -0.05) is 6.07 Å². The number of hydrogen-bond donors (Lipinski definition) is 2. The second-order valence-electron chi connectivity index (χ2n) is 8.62. The monoisotopic (exact) mass is 399 g/mol. The summed E-state index contributed by atoms with van der Waals surface area (Å²) in [7, 11) is 0. The van der Waals surface area contributed by atoms with Crippen LogP contribution in [0.2, 0.25) is 0 Å². The van der Waals surface area contributed by atoms with Gasteiger partial charge in [-0.25, -0.2) is 9.59 Å². The van der Waals surface area contributed by atoms with Crippen LogP contribution in [0.1, 0.15) is 39.2 Å². The SMILES string of the molecule is CC(C)(C)OC(=O)N1CC2(CC(NC(=O)Nc3cccc(C(F)(F)F)c3)C2)C1. The van der Waals surface area contributed by atoms with Crippen molar-refractivity contribution in [2.24, 2.45) is 5.41 Å². The van der Waals surface area contributed by atoms with Crippen molar-refractivity contribution in [1.29, 1.82) is 0 Å². The molecular weight excluding hydrogens is 375 g/mol. The zero-order chi connectivity index (χ0) is 20.7. The third kappa shape index (κ3) is 4.69. The highest BCUT2D eigenvalue weighted by Gasteiger charge is 2.54. The van der Waals surface area contributed by atoms with Crippen LogP contribution in [0.5, 0.6) is 0 Å². The Hall–Kier alpha value is -2.45. The fourth-order valence-electron chi connectivity index (χ4n) is 3.69. The summed E-state index contributed by atoms with van der Waals surface area (Å²) >= 11 is 0. The van der Waals surface area contributed by atoms with Gasteiger partial charge in [-0.2, -0.15) is 13.2 Å². The van der Waals surface area contributed by atoms with E-state index in [1.165, 1.54) is 12.1 Å². The number of amides is 3. The first-order valence-corrected chi connectivity index (χ1v) is 9.08. The first-order valence-electron chi connectivity index (χ1n) is 9.08. The van der Waals surface area contributed by atoms with Gasteiger partial charge in [0.05, 0.1) is 5.56 Å². The molecule has 154 valence electrons. The Morgan fingerprint density at radius 1 is 1.18 bits per heavy atom.